The smallest absolute Gasteiger partial charge is 0.306 e. The van der Waals surface area contributed by atoms with Gasteiger partial charge in [0, 0.05) is 11.4 Å². The van der Waals surface area contributed by atoms with Gasteiger partial charge in [-0.25, -0.2) is 0 Å². The van der Waals surface area contributed by atoms with Crippen LogP contribution in [0.1, 0.15) is 24.5 Å². The Labute approximate surface area is 162 Å². The molecule has 0 aliphatic heterocycles. The van der Waals surface area contributed by atoms with Crippen LogP contribution in [0.2, 0.25) is 5.02 Å². The molecule has 0 aliphatic carbocycles. The van der Waals surface area contributed by atoms with Gasteiger partial charge in [-0.1, -0.05) is 29.8 Å². The Morgan fingerprint density at radius 2 is 2.00 bits per heavy atom. The summed E-state index contributed by atoms with van der Waals surface area (Å²) < 4.78 is 10.5. The quantitative estimate of drug-likeness (QED) is 0.698. The predicted octanol–water partition coefficient (Wildman–Crippen LogP) is 3.72. The van der Waals surface area contributed by atoms with Gasteiger partial charge in [0.05, 0.1) is 17.9 Å². The summed E-state index contributed by atoms with van der Waals surface area (Å²) in [6.07, 6.45) is 0.571. The number of para-hydroxylation sites is 1. The molecule has 0 unspecified atom stereocenters. The van der Waals surface area contributed by atoms with E-state index >= 15 is 0 Å². The molecule has 0 fully saturated rings. The van der Waals surface area contributed by atoms with Crippen molar-refractivity contribution in [2.75, 3.05) is 18.5 Å². The summed E-state index contributed by atoms with van der Waals surface area (Å²) >= 11 is 5.86. The predicted molar refractivity (Wildman–Crippen MR) is 102 cm³/mol. The number of halogens is 1. The Morgan fingerprint density at radius 3 is 2.74 bits per heavy atom. The zero-order valence-corrected chi connectivity index (χ0v) is 15.6. The molecule has 0 bridgehead atoms. The molecule has 0 aromatic heterocycles. The number of esters is 1. The van der Waals surface area contributed by atoms with Crippen LogP contribution in [0, 0.1) is 11.3 Å². The second kappa shape index (κ2) is 10.2. The van der Waals surface area contributed by atoms with Crippen LogP contribution in [0.25, 0.3) is 0 Å². The topological polar surface area (TPSA) is 88.4 Å². The van der Waals surface area contributed by atoms with Crippen LogP contribution in [0.15, 0.2) is 42.5 Å². The van der Waals surface area contributed by atoms with E-state index in [0.29, 0.717) is 18.1 Å². The molecule has 0 saturated heterocycles. The van der Waals surface area contributed by atoms with E-state index < -0.39 is 18.5 Å². The van der Waals surface area contributed by atoms with E-state index in [2.05, 4.69) is 5.32 Å². The lowest BCUT2D eigenvalue weighted by Crippen LogP contribution is -2.21. The van der Waals surface area contributed by atoms with E-state index in [1.165, 1.54) is 12.1 Å². The van der Waals surface area contributed by atoms with Crippen molar-refractivity contribution in [2.24, 2.45) is 0 Å². The third-order valence-corrected chi connectivity index (χ3v) is 3.85. The molecule has 0 spiro atoms. The minimum atomic E-state index is -0.545. The number of rotatable bonds is 8. The summed E-state index contributed by atoms with van der Waals surface area (Å²) in [7, 11) is 0. The number of carbonyl (C=O) groups excluding carboxylic acids is 2. The van der Waals surface area contributed by atoms with E-state index in [0.717, 1.165) is 11.3 Å². The molecule has 1 N–H and O–H groups in total. The highest BCUT2D eigenvalue weighted by Crippen LogP contribution is 2.21. The molecule has 6 nitrogen and oxygen atoms in total. The van der Waals surface area contributed by atoms with Crippen LogP contribution in [-0.2, 0) is 20.7 Å². The minimum Gasteiger partial charge on any atom is -0.494 e. The summed E-state index contributed by atoms with van der Waals surface area (Å²) in [5.74, 6) is -0.310. The number of nitrogens with one attached hydrogen (secondary N) is 1. The van der Waals surface area contributed by atoms with Crippen molar-refractivity contribution in [1.29, 1.82) is 5.26 Å². The molecule has 2 rings (SSSR count). The number of hydrogen-bond donors (Lipinski definition) is 1. The Kier molecular flexibility index (Phi) is 7.65. The first kappa shape index (κ1) is 20.3. The van der Waals surface area contributed by atoms with Gasteiger partial charge in [-0.05, 0) is 43.2 Å². The van der Waals surface area contributed by atoms with Crippen molar-refractivity contribution < 1.29 is 19.1 Å². The molecule has 2 aromatic rings. The number of hydrogen-bond acceptors (Lipinski definition) is 5. The van der Waals surface area contributed by atoms with Crippen LogP contribution in [0.5, 0.6) is 5.75 Å². The first-order valence-corrected chi connectivity index (χ1v) is 8.77. The van der Waals surface area contributed by atoms with E-state index in [-0.39, 0.29) is 17.7 Å². The fourth-order valence-electron chi connectivity index (χ4n) is 2.37. The molecule has 0 atom stereocenters. The molecule has 27 heavy (non-hydrogen) atoms. The largest absolute Gasteiger partial charge is 0.494 e. The number of ether oxygens (including phenoxy) is 2. The normalized spacial score (nSPS) is 9.96. The summed E-state index contributed by atoms with van der Waals surface area (Å²) in [5.41, 5.74) is 1.45. The van der Waals surface area contributed by atoms with Crippen molar-refractivity contribution in [2.45, 2.75) is 19.8 Å². The molecule has 0 heterocycles. The first-order chi connectivity index (χ1) is 13.0. The maximum absolute atomic E-state index is 11.9. The van der Waals surface area contributed by atoms with Crippen molar-refractivity contribution >= 4 is 29.2 Å². The molecule has 0 radical (unpaired) electrons. The fraction of sp³-hybridized carbons (Fsp3) is 0.250. The highest BCUT2D eigenvalue weighted by molar-refractivity contribution is 6.31. The van der Waals surface area contributed by atoms with Gasteiger partial charge in [-0.3, -0.25) is 9.59 Å². The molecule has 2 aromatic carbocycles. The molecule has 7 heteroatoms. The number of anilines is 1. The number of amides is 1. The maximum atomic E-state index is 11.9. The Morgan fingerprint density at radius 1 is 1.22 bits per heavy atom. The first-order valence-electron chi connectivity index (χ1n) is 8.39. The zero-order chi connectivity index (χ0) is 19.6. The van der Waals surface area contributed by atoms with E-state index in [9.17, 15) is 9.59 Å². The van der Waals surface area contributed by atoms with Crippen molar-refractivity contribution in [3.63, 3.8) is 0 Å². The van der Waals surface area contributed by atoms with E-state index in [1.807, 2.05) is 37.3 Å². The molecule has 140 valence electrons. The van der Waals surface area contributed by atoms with Crippen molar-refractivity contribution in [3.8, 4) is 11.8 Å². The highest BCUT2D eigenvalue weighted by atomic mass is 35.5. The number of nitriles is 1. The Hall–Kier alpha value is -3.04. The van der Waals surface area contributed by atoms with Crippen LogP contribution >= 0.6 is 11.6 Å². The molecule has 1 amide bonds. The van der Waals surface area contributed by atoms with E-state index in [1.54, 1.807) is 6.07 Å². The molecular weight excluding hydrogens is 368 g/mol. The second-order valence-electron chi connectivity index (χ2n) is 5.55. The Balaban J connectivity index is 1.83. The third kappa shape index (κ3) is 6.32. The van der Waals surface area contributed by atoms with E-state index in [4.69, 9.17) is 26.3 Å². The van der Waals surface area contributed by atoms with Crippen LogP contribution < -0.4 is 10.1 Å². The monoisotopic (exact) mass is 386 g/mol. The standard InChI is InChI=1S/C20H19ClN2O4/c1-2-26-18-6-4-3-5-14(18)8-10-20(25)27-13-19(24)23-17-11-16(21)9-7-15(17)12-22/h3-7,9,11H,2,8,10,13H2,1H3,(H,23,24). The summed E-state index contributed by atoms with van der Waals surface area (Å²) in [5, 5.41) is 11.9. The number of benzene rings is 2. The van der Waals surface area contributed by atoms with Gasteiger partial charge < -0.3 is 14.8 Å². The average Bonchev–Trinajstić information content (AvgIpc) is 2.66. The maximum Gasteiger partial charge on any atom is 0.306 e. The summed E-state index contributed by atoms with van der Waals surface area (Å²) in [6.45, 7) is 1.99. The SMILES string of the molecule is CCOc1ccccc1CCC(=O)OCC(=O)Nc1cc(Cl)ccc1C#N. The van der Waals surface area contributed by atoms with Gasteiger partial charge in [-0.15, -0.1) is 0 Å². The highest BCUT2D eigenvalue weighted by Gasteiger charge is 2.12. The number of aryl methyl sites for hydroxylation is 1. The van der Waals surface area contributed by atoms with Crippen LogP contribution in [0.4, 0.5) is 5.69 Å². The fourth-order valence-corrected chi connectivity index (χ4v) is 2.54. The van der Waals surface area contributed by atoms with Crippen LogP contribution in [-0.4, -0.2) is 25.1 Å². The lowest BCUT2D eigenvalue weighted by molar-refractivity contribution is -0.147. The van der Waals surface area contributed by atoms with Gasteiger partial charge in [0.2, 0.25) is 0 Å². The lowest BCUT2D eigenvalue weighted by atomic mass is 10.1. The lowest BCUT2D eigenvalue weighted by Gasteiger charge is -2.10. The number of nitrogens with zero attached hydrogens (tertiary/aromatic N) is 1. The third-order valence-electron chi connectivity index (χ3n) is 3.61. The molecular formula is C20H19ClN2O4. The minimum absolute atomic E-state index is 0.123. The van der Waals surface area contributed by atoms with Gasteiger partial charge in [-0.2, -0.15) is 5.26 Å². The summed E-state index contributed by atoms with van der Waals surface area (Å²) in [4.78, 5) is 23.9. The van der Waals surface area contributed by atoms with Crippen LogP contribution in [0.3, 0.4) is 0 Å². The van der Waals surface area contributed by atoms with Gasteiger partial charge in [0.25, 0.3) is 5.91 Å². The number of carbonyl (C=O) groups is 2. The molecule has 0 saturated carbocycles. The summed E-state index contributed by atoms with van der Waals surface area (Å²) in [6, 6.07) is 13.9. The second-order valence-corrected chi connectivity index (χ2v) is 5.99. The van der Waals surface area contributed by atoms with Gasteiger partial charge >= 0.3 is 5.97 Å². The molecule has 0 aliphatic rings. The average molecular weight is 387 g/mol. The Bertz CT molecular complexity index is 861. The van der Waals surface area contributed by atoms with Crippen molar-refractivity contribution in [1.82, 2.24) is 0 Å². The van der Waals surface area contributed by atoms with Gasteiger partial charge in [0.15, 0.2) is 6.61 Å². The zero-order valence-electron chi connectivity index (χ0n) is 14.8. The van der Waals surface area contributed by atoms with Crippen molar-refractivity contribution in [3.05, 3.63) is 58.6 Å². The van der Waals surface area contributed by atoms with Gasteiger partial charge in [0.1, 0.15) is 11.8 Å².